The summed E-state index contributed by atoms with van der Waals surface area (Å²) in [6.45, 7) is 4.54. The van der Waals surface area contributed by atoms with Gasteiger partial charge in [0.2, 0.25) is 0 Å². The van der Waals surface area contributed by atoms with Crippen LogP contribution in [-0.4, -0.2) is 64.6 Å². The molecule has 8 nitrogen and oxygen atoms in total. The SMILES string of the molecule is CC1CN(Cc2ccc(N(C)C(=O)c3ccc(-c4cccc(C#N)c4)cn3)cc2)CCN1C(=O)O. The fraction of sp³-hybridized carbons (Fsp3) is 0.259. The number of amides is 2. The van der Waals surface area contributed by atoms with Crippen LogP contribution in [0.1, 0.15) is 28.5 Å². The Morgan fingerprint density at radius 2 is 1.89 bits per heavy atom. The number of piperazine rings is 1. The fourth-order valence-corrected chi connectivity index (χ4v) is 4.29. The quantitative estimate of drug-likeness (QED) is 0.604. The van der Waals surface area contributed by atoms with Crippen LogP contribution in [0.4, 0.5) is 10.5 Å². The van der Waals surface area contributed by atoms with E-state index in [2.05, 4.69) is 16.0 Å². The summed E-state index contributed by atoms with van der Waals surface area (Å²) in [5.41, 5.74) is 4.48. The first-order chi connectivity index (χ1) is 16.9. The molecule has 3 aromatic rings. The van der Waals surface area contributed by atoms with Crippen LogP contribution in [0.15, 0.2) is 66.9 Å². The van der Waals surface area contributed by atoms with Crippen LogP contribution in [0.2, 0.25) is 0 Å². The third-order valence-electron chi connectivity index (χ3n) is 6.30. The molecular formula is C27H27N5O3. The van der Waals surface area contributed by atoms with Gasteiger partial charge in [0.05, 0.1) is 11.6 Å². The standard InChI is InChI=1S/C27H27N5O3/c1-19-17-31(12-13-32(19)27(34)35)18-20-6-9-24(10-7-20)30(2)26(33)25-11-8-23(16-29-25)22-5-3-4-21(14-22)15-28/h3-11,14,16,19H,12-13,17-18H2,1-2H3,(H,34,35). The van der Waals surface area contributed by atoms with Crippen molar-refractivity contribution < 1.29 is 14.7 Å². The predicted octanol–water partition coefficient (Wildman–Crippen LogP) is 4.08. The summed E-state index contributed by atoms with van der Waals surface area (Å²) in [6.07, 6.45) is 0.776. The van der Waals surface area contributed by atoms with Gasteiger partial charge in [0.15, 0.2) is 0 Å². The van der Waals surface area contributed by atoms with E-state index in [1.54, 1.807) is 36.3 Å². The number of nitrogens with zero attached hydrogens (tertiary/aromatic N) is 5. The summed E-state index contributed by atoms with van der Waals surface area (Å²) in [4.78, 5) is 33.9. The summed E-state index contributed by atoms with van der Waals surface area (Å²) in [5.74, 6) is -0.214. The van der Waals surface area contributed by atoms with Gasteiger partial charge in [-0.25, -0.2) is 4.79 Å². The Labute approximate surface area is 204 Å². The molecule has 4 rings (SSSR count). The van der Waals surface area contributed by atoms with E-state index >= 15 is 0 Å². The van der Waals surface area contributed by atoms with Crippen molar-refractivity contribution in [2.45, 2.75) is 19.5 Å². The van der Waals surface area contributed by atoms with Crippen molar-refractivity contribution in [3.8, 4) is 17.2 Å². The number of hydrogen-bond acceptors (Lipinski definition) is 5. The van der Waals surface area contributed by atoms with Gasteiger partial charge in [0.1, 0.15) is 5.69 Å². The van der Waals surface area contributed by atoms with Crippen molar-refractivity contribution in [1.82, 2.24) is 14.8 Å². The van der Waals surface area contributed by atoms with Crippen LogP contribution in [0.25, 0.3) is 11.1 Å². The van der Waals surface area contributed by atoms with Gasteiger partial charge in [-0.1, -0.05) is 30.3 Å². The van der Waals surface area contributed by atoms with E-state index in [4.69, 9.17) is 5.26 Å². The largest absolute Gasteiger partial charge is 0.465 e. The Hall–Kier alpha value is -4.22. The molecule has 1 aromatic heterocycles. The Kier molecular flexibility index (Phi) is 7.09. The summed E-state index contributed by atoms with van der Waals surface area (Å²) in [6, 6.07) is 20.7. The second kappa shape index (κ2) is 10.4. The van der Waals surface area contributed by atoms with E-state index < -0.39 is 6.09 Å². The van der Waals surface area contributed by atoms with Crippen molar-refractivity contribution in [2.75, 3.05) is 31.6 Å². The number of anilines is 1. The van der Waals surface area contributed by atoms with Crippen molar-refractivity contribution in [1.29, 1.82) is 5.26 Å². The van der Waals surface area contributed by atoms with Crippen LogP contribution in [0.3, 0.4) is 0 Å². The molecule has 2 amide bonds. The molecule has 1 N–H and O–H groups in total. The predicted molar refractivity (Wildman–Crippen MR) is 133 cm³/mol. The number of carbonyl (C=O) groups excluding carboxylic acids is 1. The highest BCUT2D eigenvalue weighted by molar-refractivity contribution is 6.04. The molecule has 1 fully saturated rings. The molecule has 1 atom stereocenters. The second-order valence-corrected chi connectivity index (χ2v) is 8.72. The van der Waals surface area contributed by atoms with E-state index in [1.165, 1.54) is 4.90 Å². The van der Waals surface area contributed by atoms with E-state index in [0.717, 1.165) is 28.9 Å². The molecule has 0 aliphatic carbocycles. The highest BCUT2D eigenvalue weighted by atomic mass is 16.4. The molecule has 0 radical (unpaired) electrons. The van der Waals surface area contributed by atoms with Gasteiger partial charge >= 0.3 is 6.09 Å². The normalized spacial score (nSPS) is 15.9. The number of carboxylic acid groups (broad SMARTS) is 1. The minimum absolute atomic E-state index is 0.0431. The topological polar surface area (TPSA) is 101 Å². The maximum Gasteiger partial charge on any atom is 0.407 e. The van der Waals surface area contributed by atoms with Gasteiger partial charge in [-0.15, -0.1) is 0 Å². The first-order valence-electron chi connectivity index (χ1n) is 11.4. The highest BCUT2D eigenvalue weighted by Crippen LogP contribution is 2.22. The van der Waals surface area contributed by atoms with Crippen LogP contribution < -0.4 is 4.90 Å². The lowest BCUT2D eigenvalue weighted by Crippen LogP contribution is -2.53. The van der Waals surface area contributed by atoms with Gasteiger partial charge < -0.3 is 14.9 Å². The van der Waals surface area contributed by atoms with Crippen molar-refractivity contribution in [3.05, 3.63) is 83.7 Å². The summed E-state index contributed by atoms with van der Waals surface area (Å²) in [7, 11) is 1.72. The Bertz CT molecular complexity index is 1250. The summed E-state index contributed by atoms with van der Waals surface area (Å²) >= 11 is 0. The van der Waals surface area contributed by atoms with Gasteiger partial charge in [0.25, 0.3) is 5.91 Å². The molecule has 1 aliphatic rings. The molecular weight excluding hydrogens is 442 g/mol. The van der Waals surface area contributed by atoms with E-state index in [0.29, 0.717) is 30.9 Å². The van der Waals surface area contributed by atoms with Crippen molar-refractivity contribution in [2.24, 2.45) is 0 Å². The number of benzene rings is 2. The summed E-state index contributed by atoms with van der Waals surface area (Å²) in [5, 5.41) is 18.3. The molecule has 2 aromatic carbocycles. The molecule has 178 valence electrons. The zero-order valence-corrected chi connectivity index (χ0v) is 19.8. The molecule has 2 heterocycles. The minimum atomic E-state index is -0.869. The lowest BCUT2D eigenvalue weighted by molar-refractivity contribution is 0.0711. The van der Waals surface area contributed by atoms with Gasteiger partial charge in [-0.2, -0.15) is 5.26 Å². The zero-order valence-electron chi connectivity index (χ0n) is 19.8. The lowest BCUT2D eigenvalue weighted by Gasteiger charge is -2.38. The van der Waals surface area contributed by atoms with E-state index in [-0.39, 0.29) is 11.9 Å². The average Bonchev–Trinajstić information content (AvgIpc) is 2.88. The number of nitriles is 1. The van der Waals surface area contributed by atoms with Gasteiger partial charge in [-0.05, 0) is 48.4 Å². The van der Waals surface area contributed by atoms with Crippen molar-refractivity contribution in [3.63, 3.8) is 0 Å². The number of pyridine rings is 1. The Morgan fingerprint density at radius 1 is 1.11 bits per heavy atom. The molecule has 0 spiro atoms. The molecule has 1 saturated heterocycles. The number of aromatic nitrogens is 1. The zero-order chi connectivity index (χ0) is 24.9. The third-order valence-corrected chi connectivity index (χ3v) is 6.30. The summed E-state index contributed by atoms with van der Waals surface area (Å²) < 4.78 is 0. The second-order valence-electron chi connectivity index (χ2n) is 8.72. The first-order valence-corrected chi connectivity index (χ1v) is 11.4. The Morgan fingerprint density at radius 3 is 2.51 bits per heavy atom. The van der Waals surface area contributed by atoms with Crippen LogP contribution in [0, 0.1) is 11.3 Å². The fourth-order valence-electron chi connectivity index (χ4n) is 4.29. The van der Waals surface area contributed by atoms with Crippen LogP contribution >= 0.6 is 0 Å². The molecule has 0 bridgehead atoms. The monoisotopic (exact) mass is 469 g/mol. The smallest absolute Gasteiger partial charge is 0.407 e. The minimum Gasteiger partial charge on any atom is -0.465 e. The molecule has 1 unspecified atom stereocenters. The van der Waals surface area contributed by atoms with E-state index in [9.17, 15) is 14.7 Å². The highest BCUT2D eigenvalue weighted by Gasteiger charge is 2.27. The van der Waals surface area contributed by atoms with Gasteiger partial charge in [-0.3, -0.25) is 14.7 Å². The number of rotatable bonds is 5. The Balaban J connectivity index is 1.38. The maximum absolute atomic E-state index is 13.0. The third kappa shape index (κ3) is 5.48. The average molecular weight is 470 g/mol. The lowest BCUT2D eigenvalue weighted by atomic mass is 10.0. The van der Waals surface area contributed by atoms with Crippen LogP contribution in [-0.2, 0) is 6.54 Å². The molecule has 35 heavy (non-hydrogen) atoms. The van der Waals surface area contributed by atoms with Crippen molar-refractivity contribution >= 4 is 17.7 Å². The number of hydrogen-bond donors (Lipinski definition) is 1. The van der Waals surface area contributed by atoms with Gasteiger partial charge in [0, 0.05) is 56.7 Å². The first kappa shape index (κ1) is 23.9. The number of carbonyl (C=O) groups is 2. The maximum atomic E-state index is 13.0. The molecule has 1 aliphatic heterocycles. The van der Waals surface area contributed by atoms with E-state index in [1.807, 2.05) is 49.4 Å². The molecule has 0 saturated carbocycles. The van der Waals surface area contributed by atoms with Crippen LogP contribution in [0.5, 0.6) is 0 Å². The molecule has 8 heteroatoms.